The minimum absolute atomic E-state index is 0.737. The lowest BCUT2D eigenvalue weighted by Gasteiger charge is -2.30. The van der Waals surface area contributed by atoms with Gasteiger partial charge in [0.1, 0.15) is 6.54 Å². The maximum absolute atomic E-state index is 9.05. The van der Waals surface area contributed by atoms with E-state index >= 15 is 0 Å². The van der Waals surface area contributed by atoms with Crippen molar-refractivity contribution in [2.75, 3.05) is 6.54 Å². The first-order chi connectivity index (χ1) is 7.81. The Hall–Kier alpha value is -1.33. The number of piperidine rings is 1. The van der Waals surface area contributed by atoms with Gasteiger partial charge in [-0.05, 0) is 32.3 Å². The van der Waals surface area contributed by atoms with E-state index in [0.29, 0.717) is 0 Å². The highest BCUT2D eigenvalue weighted by Gasteiger charge is 2.22. The molecular weight excluding hydrogens is 196 g/mol. The normalized spacial score (nSPS) is 25.0. The smallest absolute Gasteiger partial charge is 0.104 e. The second-order valence-corrected chi connectivity index (χ2v) is 4.75. The third-order valence-electron chi connectivity index (χ3n) is 3.64. The number of nitrogens with zero attached hydrogens (tertiary/aromatic N) is 1. The van der Waals surface area contributed by atoms with Gasteiger partial charge < -0.3 is 4.90 Å². The Bertz CT molecular complexity index is 392. The Morgan fingerprint density at radius 1 is 1.38 bits per heavy atom. The molecule has 0 saturated carbocycles. The minimum Gasteiger partial charge on any atom is -0.329 e. The average Bonchev–Trinajstić information content (AvgIpc) is 2.33. The van der Waals surface area contributed by atoms with Crippen LogP contribution in [0.25, 0.3) is 0 Å². The topological polar surface area (TPSA) is 28.2 Å². The summed E-state index contributed by atoms with van der Waals surface area (Å²) in [6.45, 7) is 4.58. The van der Waals surface area contributed by atoms with Crippen molar-refractivity contribution in [3.05, 3.63) is 35.4 Å². The summed E-state index contributed by atoms with van der Waals surface area (Å²) in [6.07, 6.45) is 4.02. The van der Waals surface area contributed by atoms with E-state index in [1.165, 1.54) is 31.4 Å². The van der Waals surface area contributed by atoms with Gasteiger partial charge in [-0.1, -0.05) is 18.2 Å². The highest BCUT2D eigenvalue weighted by Crippen LogP contribution is 2.08. The fraction of sp³-hybridized carbons (Fsp3) is 0.500. The van der Waals surface area contributed by atoms with E-state index in [0.717, 1.165) is 18.2 Å². The molecule has 1 aromatic carbocycles. The summed E-state index contributed by atoms with van der Waals surface area (Å²) in [5, 5.41) is 9.05. The van der Waals surface area contributed by atoms with E-state index in [2.05, 4.69) is 19.1 Å². The summed E-state index contributed by atoms with van der Waals surface area (Å²) in [5.74, 6) is 0. The zero-order valence-corrected chi connectivity index (χ0v) is 9.87. The zero-order valence-electron chi connectivity index (χ0n) is 9.87. The van der Waals surface area contributed by atoms with E-state index in [1.54, 1.807) is 4.90 Å². The number of benzene rings is 1. The van der Waals surface area contributed by atoms with Gasteiger partial charge in [-0.15, -0.1) is 0 Å². The molecule has 2 atom stereocenters. The zero-order chi connectivity index (χ0) is 11.4. The number of hydrogen-bond acceptors (Lipinski definition) is 1. The highest BCUT2D eigenvalue weighted by molar-refractivity contribution is 5.36. The molecule has 2 nitrogen and oxygen atoms in total. The second kappa shape index (κ2) is 5.14. The molecule has 0 radical (unpaired) electrons. The molecule has 1 saturated heterocycles. The Labute approximate surface area is 97.5 Å². The van der Waals surface area contributed by atoms with Crippen LogP contribution < -0.4 is 4.90 Å². The van der Waals surface area contributed by atoms with E-state index < -0.39 is 0 Å². The summed E-state index contributed by atoms with van der Waals surface area (Å²) in [5.41, 5.74) is 2.04. The van der Waals surface area contributed by atoms with Crippen molar-refractivity contribution in [2.24, 2.45) is 0 Å². The van der Waals surface area contributed by atoms with Crippen LogP contribution >= 0.6 is 0 Å². The Morgan fingerprint density at radius 3 is 2.94 bits per heavy atom. The SMILES string of the molecule is C[C@@H]1CCCC[NH+]1Cc1ccccc1C#N. The van der Waals surface area contributed by atoms with Crippen molar-refractivity contribution >= 4 is 0 Å². The van der Waals surface area contributed by atoms with Gasteiger partial charge in [0.2, 0.25) is 0 Å². The third-order valence-corrected chi connectivity index (χ3v) is 3.64. The molecule has 1 aromatic rings. The molecule has 1 N–H and O–H groups in total. The lowest BCUT2D eigenvalue weighted by Crippen LogP contribution is -3.14. The molecular formula is C14H19N2+. The standard InChI is InChI=1S/C14H18N2/c1-12-6-4-5-9-16(12)11-14-8-3-2-7-13(14)10-15/h2-3,7-8,12H,4-6,9,11H2,1H3/p+1/t12-/m1/s1. The fourth-order valence-corrected chi connectivity index (χ4v) is 2.54. The van der Waals surface area contributed by atoms with Gasteiger partial charge in [-0.25, -0.2) is 0 Å². The summed E-state index contributed by atoms with van der Waals surface area (Å²) >= 11 is 0. The molecule has 0 amide bonds. The van der Waals surface area contributed by atoms with Crippen molar-refractivity contribution in [1.29, 1.82) is 5.26 Å². The van der Waals surface area contributed by atoms with Gasteiger partial charge in [0.25, 0.3) is 0 Å². The highest BCUT2D eigenvalue weighted by atomic mass is 15.2. The molecule has 2 heteroatoms. The van der Waals surface area contributed by atoms with Crippen molar-refractivity contribution in [3.63, 3.8) is 0 Å². The van der Waals surface area contributed by atoms with Crippen molar-refractivity contribution in [1.82, 2.24) is 0 Å². The maximum Gasteiger partial charge on any atom is 0.104 e. The van der Waals surface area contributed by atoms with Crippen LogP contribution in [-0.4, -0.2) is 12.6 Å². The van der Waals surface area contributed by atoms with Crippen molar-refractivity contribution in [3.8, 4) is 6.07 Å². The number of nitriles is 1. The largest absolute Gasteiger partial charge is 0.329 e. The summed E-state index contributed by atoms with van der Waals surface area (Å²) in [4.78, 5) is 1.63. The average molecular weight is 215 g/mol. The summed E-state index contributed by atoms with van der Waals surface area (Å²) < 4.78 is 0. The first-order valence-electron chi connectivity index (χ1n) is 6.14. The number of hydrogen-bond donors (Lipinski definition) is 1. The molecule has 1 aliphatic rings. The number of likely N-dealkylation sites (tertiary alicyclic amines) is 1. The van der Waals surface area contributed by atoms with Gasteiger partial charge in [-0.2, -0.15) is 5.26 Å². The van der Waals surface area contributed by atoms with Crippen LogP contribution in [0.3, 0.4) is 0 Å². The van der Waals surface area contributed by atoms with Crippen LogP contribution in [0.1, 0.15) is 37.3 Å². The molecule has 0 spiro atoms. The first-order valence-corrected chi connectivity index (χ1v) is 6.14. The monoisotopic (exact) mass is 215 g/mol. The predicted molar refractivity (Wildman–Crippen MR) is 64.0 cm³/mol. The maximum atomic E-state index is 9.05. The van der Waals surface area contributed by atoms with Gasteiger partial charge in [0, 0.05) is 5.56 Å². The lowest BCUT2D eigenvalue weighted by atomic mass is 10.0. The number of quaternary nitrogens is 1. The fourth-order valence-electron chi connectivity index (χ4n) is 2.54. The van der Waals surface area contributed by atoms with Crippen LogP contribution in [0, 0.1) is 11.3 Å². The quantitative estimate of drug-likeness (QED) is 0.796. The van der Waals surface area contributed by atoms with Crippen LogP contribution in [0.2, 0.25) is 0 Å². The molecule has 0 aliphatic carbocycles. The number of rotatable bonds is 2. The molecule has 2 rings (SSSR count). The Kier molecular flexibility index (Phi) is 3.58. The summed E-state index contributed by atoms with van der Waals surface area (Å²) in [7, 11) is 0. The Morgan fingerprint density at radius 2 is 2.19 bits per heavy atom. The van der Waals surface area contributed by atoms with E-state index in [1.807, 2.05) is 18.2 Å². The van der Waals surface area contributed by atoms with Gasteiger partial charge in [0.05, 0.1) is 24.2 Å². The minimum atomic E-state index is 0.737. The molecule has 0 aromatic heterocycles. The molecule has 0 bridgehead atoms. The van der Waals surface area contributed by atoms with Gasteiger partial charge >= 0.3 is 0 Å². The molecule has 16 heavy (non-hydrogen) atoms. The van der Waals surface area contributed by atoms with E-state index in [4.69, 9.17) is 5.26 Å². The van der Waals surface area contributed by atoms with Crippen LogP contribution in [-0.2, 0) is 6.54 Å². The van der Waals surface area contributed by atoms with Crippen molar-refractivity contribution < 1.29 is 4.90 Å². The van der Waals surface area contributed by atoms with Crippen molar-refractivity contribution in [2.45, 2.75) is 38.8 Å². The lowest BCUT2D eigenvalue weighted by molar-refractivity contribution is -0.941. The predicted octanol–water partition coefficient (Wildman–Crippen LogP) is 1.52. The van der Waals surface area contributed by atoms with Crippen LogP contribution in [0.4, 0.5) is 0 Å². The summed E-state index contributed by atoms with van der Waals surface area (Å²) in [6, 6.07) is 11.0. The molecule has 1 heterocycles. The molecule has 1 unspecified atom stereocenters. The van der Waals surface area contributed by atoms with Gasteiger partial charge in [0.15, 0.2) is 0 Å². The third kappa shape index (κ3) is 2.43. The molecule has 1 fully saturated rings. The van der Waals surface area contributed by atoms with Gasteiger partial charge in [-0.3, -0.25) is 0 Å². The Balaban J connectivity index is 2.11. The second-order valence-electron chi connectivity index (χ2n) is 4.75. The molecule has 84 valence electrons. The molecule has 1 aliphatic heterocycles. The number of nitrogens with one attached hydrogen (secondary N) is 1. The first kappa shape index (κ1) is 11.2. The van der Waals surface area contributed by atoms with Crippen LogP contribution in [0.5, 0.6) is 0 Å². The van der Waals surface area contributed by atoms with Crippen LogP contribution in [0.15, 0.2) is 24.3 Å². The van der Waals surface area contributed by atoms with E-state index in [-0.39, 0.29) is 0 Å². The van der Waals surface area contributed by atoms with E-state index in [9.17, 15) is 0 Å².